The van der Waals surface area contributed by atoms with Crippen molar-refractivity contribution >= 4 is 11.8 Å². The second-order valence-electron chi connectivity index (χ2n) is 5.37. The monoisotopic (exact) mass is 315 g/mol. The second kappa shape index (κ2) is 14.8. The Kier molecular flexibility index (Phi) is 14.0. The molecule has 130 valence electrons. The van der Waals surface area contributed by atoms with E-state index in [-0.39, 0.29) is 11.8 Å². The summed E-state index contributed by atoms with van der Waals surface area (Å²) >= 11 is 0. The summed E-state index contributed by atoms with van der Waals surface area (Å²) in [4.78, 5) is 24.3. The molecule has 0 unspecified atom stereocenters. The summed E-state index contributed by atoms with van der Waals surface area (Å²) in [6.07, 6.45) is 5.00. The van der Waals surface area contributed by atoms with Crippen LogP contribution in [0.4, 0.5) is 0 Å². The highest BCUT2D eigenvalue weighted by atomic mass is 16.5. The first-order valence-electron chi connectivity index (χ1n) is 8.33. The Morgan fingerprint density at radius 1 is 1.00 bits per heavy atom. The molecule has 0 aromatic carbocycles. The summed E-state index contributed by atoms with van der Waals surface area (Å²) < 4.78 is 5.03. The molecule has 2 N–H and O–H groups in total. The van der Waals surface area contributed by atoms with Crippen molar-refractivity contribution in [3.8, 4) is 0 Å². The number of nitrogens with one attached hydrogen (secondary N) is 2. The van der Waals surface area contributed by atoms with Gasteiger partial charge in [-0.25, -0.2) is 0 Å². The summed E-state index contributed by atoms with van der Waals surface area (Å²) in [6.45, 7) is 7.97. The molecule has 0 saturated heterocycles. The average molecular weight is 315 g/mol. The number of hydrogen-bond acceptors (Lipinski definition) is 4. The third-order valence-corrected chi connectivity index (χ3v) is 3.43. The number of methoxy groups -OCH3 is 1. The van der Waals surface area contributed by atoms with Crippen molar-refractivity contribution in [3.05, 3.63) is 0 Å². The van der Waals surface area contributed by atoms with Crippen LogP contribution in [0.2, 0.25) is 0 Å². The van der Waals surface area contributed by atoms with E-state index in [0.717, 1.165) is 51.9 Å². The van der Waals surface area contributed by atoms with Gasteiger partial charge >= 0.3 is 0 Å². The number of unbranched alkanes of at least 4 members (excludes halogenated alkanes) is 3. The molecule has 0 aromatic heterocycles. The largest absolute Gasteiger partial charge is 0.383 e. The van der Waals surface area contributed by atoms with Crippen LogP contribution in [0.5, 0.6) is 0 Å². The van der Waals surface area contributed by atoms with Gasteiger partial charge in [0.25, 0.3) is 0 Å². The smallest absolute Gasteiger partial charge is 0.222 e. The van der Waals surface area contributed by atoms with Crippen LogP contribution in [0.1, 0.15) is 46.0 Å². The molecule has 0 atom stereocenters. The number of carbonyl (C=O) groups excluding carboxylic acids is 2. The van der Waals surface area contributed by atoms with Crippen molar-refractivity contribution in [1.82, 2.24) is 15.5 Å². The molecule has 0 radical (unpaired) electrons. The highest BCUT2D eigenvalue weighted by molar-refractivity contribution is 5.75. The maximum atomic E-state index is 11.7. The standard InChI is InChI=1S/C16H33N3O3/c1-4-16(21)19(13-14-22-3)12-11-17-9-7-5-6-8-10-18-15(2)20/h17H,4-14H2,1-3H3,(H,18,20). The summed E-state index contributed by atoms with van der Waals surface area (Å²) in [5, 5.41) is 6.18. The van der Waals surface area contributed by atoms with Gasteiger partial charge in [-0.3, -0.25) is 9.59 Å². The van der Waals surface area contributed by atoms with Gasteiger partial charge in [0, 0.05) is 46.6 Å². The lowest BCUT2D eigenvalue weighted by atomic mass is 10.2. The van der Waals surface area contributed by atoms with Gasteiger partial charge in [-0.1, -0.05) is 19.8 Å². The van der Waals surface area contributed by atoms with E-state index in [9.17, 15) is 9.59 Å². The fourth-order valence-corrected chi connectivity index (χ4v) is 2.12. The molecule has 2 amide bonds. The Labute approximate surface area is 135 Å². The molecule has 0 aliphatic heterocycles. The van der Waals surface area contributed by atoms with Crippen molar-refractivity contribution in [2.75, 3.05) is 46.4 Å². The fourth-order valence-electron chi connectivity index (χ4n) is 2.12. The zero-order chi connectivity index (χ0) is 16.6. The van der Waals surface area contributed by atoms with Crippen LogP contribution in [0.25, 0.3) is 0 Å². The summed E-state index contributed by atoms with van der Waals surface area (Å²) in [5.41, 5.74) is 0. The molecule has 0 fully saturated rings. The first kappa shape index (κ1) is 20.9. The first-order chi connectivity index (χ1) is 10.6. The Morgan fingerprint density at radius 3 is 2.27 bits per heavy atom. The molecule has 6 heteroatoms. The van der Waals surface area contributed by atoms with E-state index < -0.39 is 0 Å². The predicted molar refractivity (Wildman–Crippen MR) is 88.8 cm³/mol. The fraction of sp³-hybridized carbons (Fsp3) is 0.875. The van der Waals surface area contributed by atoms with E-state index in [0.29, 0.717) is 19.6 Å². The summed E-state index contributed by atoms with van der Waals surface area (Å²) in [5.74, 6) is 0.221. The first-order valence-corrected chi connectivity index (χ1v) is 8.33. The van der Waals surface area contributed by atoms with Gasteiger partial charge in [-0.15, -0.1) is 0 Å². The van der Waals surface area contributed by atoms with Gasteiger partial charge in [-0.05, 0) is 19.4 Å². The van der Waals surface area contributed by atoms with E-state index in [1.165, 1.54) is 0 Å². The van der Waals surface area contributed by atoms with E-state index in [1.807, 2.05) is 11.8 Å². The Morgan fingerprint density at radius 2 is 1.68 bits per heavy atom. The van der Waals surface area contributed by atoms with Crippen molar-refractivity contribution in [3.63, 3.8) is 0 Å². The number of amides is 2. The van der Waals surface area contributed by atoms with Gasteiger partial charge < -0.3 is 20.3 Å². The zero-order valence-electron chi connectivity index (χ0n) is 14.5. The topological polar surface area (TPSA) is 70.7 Å². The minimum absolute atomic E-state index is 0.0429. The third kappa shape index (κ3) is 12.6. The van der Waals surface area contributed by atoms with Crippen LogP contribution >= 0.6 is 0 Å². The lowest BCUT2D eigenvalue weighted by Crippen LogP contribution is -2.38. The van der Waals surface area contributed by atoms with Gasteiger partial charge in [0.05, 0.1) is 6.61 Å². The Balaban J connectivity index is 3.48. The lowest BCUT2D eigenvalue weighted by molar-refractivity contribution is -0.131. The molecule has 0 saturated carbocycles. The number of rotatable bonds is 14. The third-order valence-electron chi connectivity index (χ3n) is 3.43. The summed E-state index contributed by atoms with van der Waals surface area (Å²) in [7, 11) is 1.65. The van der Waals surface area contributed by atoms with Crippen molar-refractivity contribution in [1.29, 1.82) is 0 Å². The SMILES string of the molecule is CCC(=O)N(CCNCCCCCCNC(C)=O)CCOC. The van der Waals surface area contributed by atoms with E-state index in [4.69, 9.17) is 4.74 Å². The molecule has 0 aliphatic rings. The van der Waals surface area contributed by atoms with Crippen LogP contribution < -0.4 is 10.6 Å². The molecular weight excluding hydrogens is 282 g/mol. The molecule has 0 aromatic rings. The molecule has 22 heavy (non-hydrogen) atoms. The van der Waals surface area contributed by atoms with Crippen LogP contribution in [0, 0.1) is 0 Å². The molecule has 0 heterocycles. The van der Waals surface area contributed by atoms with Gasteiger partial charge in [0.1, 0.15) is 0 Å². The number of carbonyl (C=O) groups is 2. The Hall–Kier alpha value is -1.14. The van der Waals surface area contributed by atoms with Crippen molar-refractivity contribution in [2.24, 2.45) is 0 Å². The predicted octanol–water partition coefficient (Wildman–Crippen LogP) is 1.16. The maximum absolute atomic E-state index is 11.7. The quantitative estimate of drug-likeness (QED) is 0.472. The van der Waals surface area contributed by atoms with E-state index in [1.54, 1.807) is 14.0 Å². The number of hydrogen-bond donors (Lipinski definition) is 2. The number of ether oxygens (including phenoxy) is 1. The highest BCUT2D eigenvalue weighted by Crippen LogP contribution is 1.98. The van der Waals surface area contributed by atoms with Gasteiger partial charge in [0.2, 0.25) is 11.8 Å². The zero-order valence-corrected chi connectivity index (χ0v) is 14.5. The number of nitrogens with zero attached hydrogens (tertiary/aromatic N) is 1. The summed E-state index contributed by atoms with van der Waals surface area (Å²) in [6, 6.07) is 0. The molecule has 0 rings (SSSR count). The van der Waals surface area contributed by atoms with Gasteiger partial charge in [0.15, 0.2) is 0 Å². The van der Waals surface area contributed by atoms with Crippen molar-refractivity contribution < 1.29 is 14.3 Å². The Bertz CT molecular complexity index is 298. The highest BCUT2D eigenvalue weighted by Gasteiger charge is 2.09. The molecule has 0 spiro atoms. The normalized spacial score (nSPS) is 10.5. The van der Waals surface area contributed by atoms with E-state index in [2.05, 4.69) is 10.6 Å². The molecule has 0 bridgehead atoms. The molecular formula is C16H33N3O3. The van der Waals surface area contributed by atoms with Crippen LogP contribution in [-0.4, -0.2) is 63.2 Å². The lowest BCUT2D eigenvalue weighted by Gasteiger charge is -2.22. The average Bonchev–Trinajstić information content (AvgIpc) is 2.50. The minimum atomic E-state index is 0.0429. The minimum Gasteiger partial charge on any atom is -0.383 e. The van der Waals surface area contributed by atoms with Crippen LogP contribution in [0.3, 0.4) is 0 Å². The second-order valence-corrected chi connectivity index (χ2v) is 5.37. The van der Waals surface area contributed by atoms with Crippen LogP contribution in [-0.2, 0) is 14.3 Å². The maximum Gasteiger partial charge on any atom is 0.222 e. The molecule has 6 nitrogen and oxygen atoms in total. The molecule has 0 aliphatic carbocycles. The van der Waals surface area contributed by atoms with E-state index >= 15 is 0 Å². The van der Waals surface area contributed by atoms with Gasteiger partial charge in [-0.2, -0.15) is 0 Å². The van der Waals surface area contributed by atoms with Crippen molar-refractivity contribution in [2.45, 2.75) is 46.0 Å². The van der Waals surface area contributed by atoms with Crippen LogP contribution in [0.15, 0.2) is 0 Å².